The predicted octanol–water partition coefficient (Wildman–Crippen LogP) is 3.80. The molecule has 0 saturated carbocycles. The standard InChI is InChI=1S/C20H21FN2O2/c1-4-20(16-7-9-17(21)10-8-16)18(24)23(19(25)22-20)12-15-11-13(2)5-6-14(15)3/h5-11H,4,12H2,1-3H3,(H,22,25). The third-order valence-electron chi connectivity index (χ3n) is 4.88. The van der Waals surface area contributed by atoms with Crippen LogP contribution in [0.25, 0.3) is 0 Å². The van der Waals surface area contributed by atoms with E-state index in [9.17, 15) is 14.0 Å². The number of carbonyl (C=O) groups excluding carboxylic acids is 2. The molecule has 1 unspecified atom stereocenters. The molecule has 130 valence electrons. The Morgan fingerprint density at radius 1 is 1.08 bits per heavy atom. The number of hydrogen-bond acceptors (Lipinski definition) is 2. The first-order valence-corrected chi connectivity index (χ1v) is 8.33. The number of rotatable bonds is 4. The lowest BCUT2D eigenvalue weighted by atomic mass is 9.87. The summed E-state index contributed by atoms with van der Waals surface area (Å²) in [7, 11) is 0. The van der Waals surface area contributed by atoms with Gasteiger partial charge in [0.15, 0.2) is 0 Å². The zero-order valence-corrected chi connectivity index (χ0v) is 14.6. The third-order valence-corrected chi connectivity index (χ3v) is 4.88. The Hall–Kier alpha value is -2.69. The van der Waals surface area contributed by atoms with E-state index in [-0.39, 0.29) is 18.3 Å². The molecule has 1 aliphatic heterocycles. The first-order valence-electron chi connectivity index (χ1n) is 8.33. The Kier molecular flexibility index (Phi) is 4.33. The maximum atomic E-state index is 13.2. The van der Waals surface area contributed by atoms with Crippen LogP contribution in [0.1, 0.15) is 35.6 Å². The van der Waals surface area contributed by atoms with E-state index in [0.29, 0.717) is 12.0 Å². The number of urea groups is 1. The molecule has 0 radical (unpaired) electrons. The van der Waals surface area contributed by atoms with Crippen LogP contribution in [0.2, 0.25) is 0 Å². The highest BCUT2D eigenvalue weighted by Crippen LogP contribution is 2.33. The van der Waals surface area contributed by atoms with E-state index in [1.165, 1.54) is 17.0 Å². The molecule has 3 rings (SSSR count). The molecule has 1 aliphatic rings. The summed E-state index contributed by atoms with van der Waals surface area (Å²) >= 11 is 0. The minimum atomic E-state index is -1.14. The highest BCUT2D eigenvalue weighted by atomic mass is 19.1. The molecule has 2 aromatic carbocycles. The predicted molar refractivity (Wildman–Crippen MR) is 93.4 cm³/mol. The van der Waals surface area contributed by atoms with Gasteiger partial charge in [0.1, 0.15) is 11.4 Å². The van der Waals surface area contributed by atoms with E-state index in [1.54, 1.807) is 12.1 Å². The van der Waals surface area contributed by atoms with E-state index >= 15 is 0 Å². The van der Waals surface area contributed by atoms with Gasteiger partial charge in [0.05, 0.1) is 6.54 Å². The van der Waals surface area contributed by atoms with Crippen LogP contribution in [0.5, 0.6) is 0 Å². The molecule has 1 heterocycles. The largest absolute Gasteiger partial charge is 0.325 e. The second kappa shape index (κ2) is 6.31. The summed E-state index contributed by atoms with van der Waals surface area (Å²) in [6.45, 7) is 5.99. The van der Waals surface area contributed by atoms with Crippen LogP contribution in [-0.4, -0.2) is 16.8 Å². The number of halogens is 1. The molecular formula is C20H21FN2O2. The van der Waals surface area contributed by atoms with Crippen molar-refractivity contribution < 1.29 is 14.0 Å². The molecule has 1 atom stereocenters. The number of hydrogen-bond donors (Lipinski definition) is 1. The van der Waals surface area contributed by atoms with Crippen molar-refractivity contribution >= 4 is 11.9 Å². The molecule has 3 amide bonds. The topological polar surface area (TPSA) is 49.4 Å². The average Bonchev–Trinajstić information content (AvgIpc) is 2.84. The van der Waals surface area contributed by atoms with Crippen LogP contribution >= 0.6 is 0 Å². The van der Waals surface area contributed by atoms with Crippen molar-refractivity contribution in [1.82, 2.24) is 10.2 Å². The molecule has 0 aliphatic carbocycles. The van der Waals surface area contributed by atoms with E-state index in [1.807, 2.05) is 39.0 Å². The number of imide groups is 1. The fourth-order valence-electron chi connectivity index (χ4n) is 3.28. The van der Waals surface area contributed by atoms with Gasteiger partial charge in [-0.25, -0.2) is 9.18 Å². The Morgan fingerprint density at radius 3 is 2.40 bits per heavy atom. The maximum absolute atomic E-state index is 13.2. The van der Waals surface area contributed by atoms with Gasteiger partial charge in [-0.15, -0.1) is 0 Å². The summed E-state index contributed by atoms with van der Waals surface area (Å²) in [5.41, 5.74) is 2.50. The molecule has 1 saturated heterocycles. The van der Waals surface area contributed by atoms with E-state index in [0.717, 1.165) is 16.7 Å². The number of benzene rings is 2. The number of nitrogens with zero attached hydrogens (tertiary/aromatic N) is 1. The SMILES string of the molecule is CCC1(c2ccc(F)cc2)NC(=O)N(Cc2cc(C)ccc2C)C1=O. The van der Waals surface area contributed by atoms with Crippen LogP contribution in [0.15, 0.2) is 42.5 Å². The number of carbonyl (C=O) groups is 2. The monoisotopic (exact) mass is 340 g/mol. The van der Waals surface area contributed by atoms with Crippen molar-refractivity contribution in [3.63, 3.8) is 0 Å². The van der Waals surface area contributed by atoms with Gasteiger partial charge in [-0.1, -0.05) is 42.8 Å². The quantitative estimate of drug-likeness (QED) is 0.861. The normalized spacial score (nSPS) is 20.1. The zero-order valence-electron chi connectivity index (χ0n) is 14.6. The molecule has 1 fully saturated rings. The lowest BCUT2D eigenvalue weighted by molar-refractivity contribution is -0.132. The van der Waals surface area contributed by atoms with Crippen molar-refractivity contribution in [3.05, 3.63) is 70.5 Å². The second-order valence-corrected chi connectivity index (χ2v) is 6.52. The molecule has 2 aromatic rings. The van der Waals surface area contributed by atoms with E-state index in [2.05, 4.69) is 5.32 Å². The highest BCUT2D eigenvalue weighted by Gasteiger charge is 2.51. The Labute approximate surface area is 146 Å². The van der Waals surface area contributed by atoms with Gasteiger partial charge in [-0.3, -0.25) is 9.69 Å². The van der Waals surface area contributed by atoms with Crippen molar-refractivity contribution in [2.24, 2.45) is 0 Å². The summed E-state index contributed by atoms with van der Waals surface area (Å²) < 4.78 is 13.2. The fraction of sp³-hybridized carbons (Fsp3) is 0.300. The zero-order chi connectivity index (χ0) is 18.2. The molecule has 0 aromatic heterocycles. The minimum absolute atomic E-state index is 0.223. The first kappa shape index (κ1) is 17.1. The Bertz CT molecular complexity index is 832. The van der Waals surface area contributed by atoms with Crippen molar-refractivity contribution in [2.75, 3.05) is 0 Å². The minimum Gasteiger partial charge on any atom is -0.319 e. The van der Waals surface area contributed by atoms with Crippen LogP contribution in [-0.2, 0) is 16.9 Å². The van der Waals surface area contributed by atoms with Gasteiger partial charge < -0.3 is 5.32 Å². The third kappa shape index (κ3) is 2.90. The molecule has 1 N–H and O–H groups in total. The average molecular weight is 340 g/mol. The summed E-state index contributed by atoms with van der Waals surface area (Å²) in [6.07, 6.45) is 0.395. The van der Waals surface area contributed by atoms with Crippen molar-refractivity contribution in [1.29, 1.82) is 0 Å². The molecule has 0 spiro atoms. The summed E-state index contributed by atoms with van der Waals surface area (Å²) in [5, 5.41) is 2.82. The highest BCUT2D eigenvalue weighted by molar-refractivity contribution is 6.07. The molecule has 25 heavy (non-hydrogen) atoms. The number of nitrogens with one attached hydrogen (secondary N) is 1. The smallest absolute Gasteiger partial charge is 0.319 e. The van der Waals surface area contributed by atoms with Gasteiger partial charge in [0, 0.05) is 0 Å². The molecular weight excluding hydrogens is 319 g/mol. The first-order chi connectivity index (χ1) is 11.9. The van der Waals surface area contributed by atoms with E-state index < -0.39 is 11.6 Å². The summed E-state index contributed by atoms with van der Waals surface area (Å²) in [4.78, 5) is 26.9. The van der Waals surface area contributed by atoms with Gasteiger partial charge >= 0.3 is 6.03 Å². The Morgan fingerprint density at radius 2 is 1.76 bits per heavy atom. The van der Waals surface area contributed by atoms with Crippen LogP contribution in [0.4, 0.5) is 9.18 Å². The second-order valence-electron chi connectivity index (χ2n) is 6.52. The number of amides is 3. The van der Waals surface area contributed by atoms with Crippen LogP contribution in [0, 0.1) is 19.7 Å². The summed E-state index contributed by atoms with van der Waals surface area (Å²) in [5.74, 6) is -0.675. The number of aryl methyl sites for hydroxylation is 2. The van der Waals surface area contributed by atoms with Crippen molar-refractivity contribution in [3.8, 4) is 0 Å². The van der Waals surface area contributed by atoms with Crippen molar-refractivity contribution in [2.45, 2.75) is 39.3 Å². The lowest BCUT2D eigenvalue weighted by Crippen LogP contribution is -2.43. The molecule has 5 heteroatoms. The van der Waals surface area contributed by atoms with Crippen LogP contribution in [0.3, 0.4) is 0 Å². The fourth-order valence-corrected chi connectivity index (χ4v) is 3.28. The maximum Gasteiger partial charge on any atom is 0.325 e. The lowest BCUT2D eigenvalue weighted by Gasteiger charge is -2.26. The van der Waals surface area contributed by atoms with E-state index in [4.69, 9.17) is 0 Å². The van der Waals surface area contributed by atoms with Gasteiger partial charge in [-0.2, -0.15) is 0 Å². The van der Waals surface area contributed by atoms with Gasteiger partial charge in [0.25, 0.3) is 5.91 Å². The van der Waals surface area contributed by atoms with Gasteiger partial charge in [0.2, 0.25) is 0 Å². The summed E-state index contributed by atoms with van der Waals surface area (Å²) in [6, 6.07) is 11.3. The van der Waals surface area contributed by atoms with Crippen LogP contribution < -0.4 is 5.32 Å². The molecule has 4 nitrogen and oxygen atoms in total. The molecule has 0 bridgehead atoms. The Balaban J connectivity index is 1.95. The van der Waals surface area contributed by atoms with Gasteiger partial charge in [-0.05, 0) is 49.1 Å².